The zero-order chi connectivity index (χ0) is 26.9. The number of anilines is 2. The number of aliphatic imine (C=N–C) groups is 1. The quantitative estimate of drug-likeness (QED) is 0.231. The van der Waals surface area contributed by atoms with E-state index in [1.165, 1.54) is 0 Å². The SMILES string of the molecule is NC(=N[C@@H]1C[N+]2(CC(=O)N3CCC(c4ncccn4)CC3)CCC1CC2)NC(=O)c1nc(Cl)c(N)nc1N. The first-order valence-electron chi connectivity index (χ1n) is 12.9. The number of nitrogens with zero attached hydrogens (tertiary/aromatic N) is 7. The van der Waals surface area contributed by atoms with Gasteiger partial charge in [-0.3, -0.25) is 14.9 Å². The molecule has 6 rings (SSSR count). The van der Waals surface area contributed by atoms with Crippen LogP contribution >= 0.6 is 11.6 Å². The number of aromatic nitrogens is 4. The molecule has 2 aromatic heterocycles. The maximum atomic E-state index is 13.3. The second-order valence-corrected chi connectivity index (χ2v) is 10.8. The molecule has 6 heterocycles. The Bertz CT molecular complexity index is 1230. The third kappa shape index (κ3) is 5.48. The van der Waals surface area contributed by atoms with Gasteiger partial charge < -0.3 is 26.6 Å². The lowest BCUT2D eigenvalue weighted by Crippen LogP contribution is -2.66. The van der Waals surface area contributed by atoms with Crippen LogP contribution in [0, 0.1) is 5.92 Å². The van der Waals surface area contributed by atoms with Gasteiger partial charge in [-0.15, -0.1) is 0 Å². The molecule has 0 radical (unpaired) electrons. The van der Waals surface area contributed by atoms with E-state index in [0.717, 1.165) is 44.6 Å². The second-order valence-electron chi connectivity index (χ2n) is 10.4. The van der Waals surface area contributed by atoms with Gasteiger partial charge >= 0.3 is 0 Å². The van der Waals surface area contributed by atoms with E-state index in [0.29, 0.717) is 42.5 Å². The minimum Gasteiger partial charge on any atom is -0.382 e. The van der Waals surface area contributed by atoms with Crippen LogP contribution in [0.5, 0.6) is 0 Å². The predicted molar refractivity (Wildman–Crippen MR) is 142 cm³/mol. The van der Waals surface area contributed by atoms with E-state index >= 15 is 0 Å². The van der Waals surface area contributed by atoms with Crippen LogP contribution in [0.1, 0.15) is 47.9 Å². The number of carbonyl (C=O) groups excluding carboxylic acids is 2. The second kappa shape index (κ2) is 10.7. The molecule has 4 fully saturated rings. The van der Waals surface area contributed by atoms with Crippen molar-refractivity contribution in [3.8, 4) is 0 Å². The summed E-state index contributed by atoms with van der Waals surface area (Å²) in [6, 6.07) is 1.72. The minimum absolute atomic E-state index is 0.0300. The molecule has 2 bridgehead atoms. The van der Waals surface area contributed by atoms with Gasteiger partial charge in [0.05, 0.1) is 13.1 Å². The van der Waals surface area contributed by atoms with Gasteiger partial charge in [-0.25, -0.2) is 24.9 Å². The van der Waals surface area contributed by atoms with Crippen molar-refractivity contribution in [3.05, 3.63) is 35.1 Å². The van der Waals surface area contributed by atoms with Gasteiger partial charge in [-0.05, 0) is 24.8 Å². The smallest absolute Gasteiger partial charge is 0.280 e. The van der Waals surface area contributed by atoms with Crippen molar-refractivity contribution in [1.29, 1.82) is 0 Å². The lowest BCUT2D eigenvalue weighted by molar-refractivity contribution is -0.936. The molecule has 2 aromatic rings. The normalized spacial score (nSPS) is 25.8. The van der Waals surface area contributed by atoms with Gasteiger partial charge in [0.25, 0.3) is 11.8 Å². The fourth-order valence-electron chi connectivity index (χ4n) is 5.91. The molecule has 0 aromatic carbocycles. The standard InChI is InChI=1S/C24H32ClN11O2/c25-19-21(27)33-20(26)18(32-19)23(38)34-24(28)31-16-12-36(10-4-14(16)5-11-36)13-17(37)35-8-2-15(3-9-35)22-29-6-1-7-30-22/h1,6-7,14-16H,2-5,8-13H2,(H6-,26,27,28,31,33,34,38)/p+1/t14?,16-,36?/m1/s1. The van der Waals surface area contributed by atoms with E-state index in [4.69, 9.17) is 28.8 Å². The maximum absolute atomic E-state index is 13.3. The molecule has 38 heavy (non-hydrogen) atoms. The monoisotopic (exact) mass is 542 g/mol. The summed E-state index contributed by atoms with van der Waals surface area (Å²) in [6.07, 6.45) is 7.20. The minimum atomic E-state index is -0.664. The van der Waals surface area contributed by atoms with E-state index in [-0.39, 0.29) is 40.4 Å². The first kappa shape index (κ1) is 26.0. The van der Waals surface area contributed by atoms with Crippen LogP contribution < -0.4 is 22.5 Å². The molecule has 2 amide bonds. The number of rotatable bonds is 5. The highest BCUT2D eigenvalue weighted by molar-refractivity contribution is 6.31. The van der Waals surface area contributed by atoms with Crippen molar-refractivity contribution in [3.63, 3.8) is 0 Å². The number of fused-ring (bicyclic) bond motifs is 3. The largest absolute Gasteiger partial charge is 0.382 e. The molecule has 0 aliphatic carbocycles. The zero-order valence-electron chi connectivity index (χ0n) is 21.1. The zero-order valence-corrected chi connectivity index (χ0v) is 21.8. The molecule has 4 aliphatic heterocycles. The van der Waals surface area contributed by atoms with E-state index < -0.39 is 5.91 Å². The van der Waals surface area contributed by atoms with Gasteiger partial charge in [-0.1, -0.05) is 11.6 Å². The number of hydrogen-bond donors (Lipinski definition) is 4. The summed E-state index contributed by atoms with van der Waals surface area (Å²) >= 11 is 5.88. The van der Waals surface area contributed by atoms with E-state index in [9.17, 15) is 9.59 Å². The molecule has 0 saturated carbocycles. The number of nitrogen functional groups attached to an aromatic ring is 2. The summed E-state index contributed by atoms with van der Waals surface area (Å²) in [5, 5.41) is 2.41. The molecule has 0 spiro atoms. The van der Waals surface area contributed by atoms with E-state index in [1.54, 1.807) is 12.4 Å². The summed E-state index contributed by atoms with van der Waals surface area (Å²) < 4.78 is 0.693. The maximum Gasteiger partial charge on any atom is 0.280 e. The molecular formula is C24H33ClN11O2+. The number of nitrogens with two attached hydrogens (primary N) is 3. The summed E-state index contributed by atoms with van der Waals surface area (Å²) in [7, 11) is 0. The number of likely N-dealkylation sites (tertiary alicyclic amines) is 1. The van der Waals surface area contributed by atoms with E-state index in [2.05, 4.69) is 30.2 Å². The number of nitrogens with one attached hydrogen (secondary N) is 1. The Morgan fingerprint density at radius 1 is 1.08 bits per heavy atom. The lowest BCUT2D eigenvalue weighted by Gasteiger charge is -2.51. The average molecular weight is 543 g/mol. The topological polar surface area (TPSA) is 191 Å². The Labute approximate surface area is 225 Å². The van der Waals surface area contributed by atoms with Crippen molar-refractivity contribution < 1.29 is 14.1 Å². The highest BCUT2D eigenvalue weighted by atomic mass is 35.5. The molecule has 14 heteroatoms. The van der Waals surface area contributed by atoms with Gasteiger partial charge in [-0.2, -0.15) is 0 Å². The third-order valence-electron chi connectivity index (χ3n) is 8.00. The summed E-state index contributed by atoms with van der Waals surface area (Å²) in [6.45, 7) is 4.47. The summed E-state index contributed by atoms with van der Waals surface area (Å²) in [5.41, 5.74) is 17.3. The first-order chi connectivity index (χ1) is 18.2. The fraction of sp³-hybridized carbons (Fsp3) is 0.542. The van der Waals surface area contributed by atoms with Crippen LogP contribution in [0.3, 0.4) is 0 Å². The molecule has 0 unspecified atom stereocenters. The first-order valence-corrected chi connectivity index (χ1v) is 13.2. The highest BCUT2D eigenvalue weighted by Crippen LogP contribution is 2.36. The number of hydrogen-bond acceptors (Lipinski definition) is 9. The average Bonchev–Trinajstić information content (AvgIpc) is 2.91. The Morgan fingerprint density at radius 2 is 1.76 bits per heavy atom. The Kier molecular flexibility index (Phi) is 7.30. The van der Waals surface area contributed by atoms with Crippen molar-refractivity contribution in [1.82, 2.24) is 30.2 Å². The Hall–Kier alpha value is -3.58. The molecule has 13 nitrogen and oxygen atoms in total. The Morgan fingerprint density at radius 3 is 2.45 bits per heavy atom. The van der Waals surface area contributed by atoms with Gasteiger partial charge in [0, 0.05) is 44.2 Å². The summed E-state index contributed by atoms with van der Waals surface area (Å²) in [4.78, 5) is 49.0. The molecule has 4 aliphatic rings. The predicted octanol–water partition coefficient (Wildman–Crippen LogP) is 0.144. The van der Waals surface area contributed by atoms with Crippen LogP contribution in [0.25, 0.3) is 0 Å². The Balaban J connectivity index is 1.19. The third-order valence-corrected chi connectivity index (χ3v) is 8.28. The van der Waals surface area contributed by atoms with Gasteiger partial charge in [0.1, 0.15) is 18.4 Å². The number of halogens is 1. The number of quaternary nitrogens is 1. The van der Waals surface area contributed by atoms with Crippen molar-refractivity contribution in [2.45, 2.75) is 37.6 Å². The van der Waals surface area contributed by atoms with Crippen LogP contribution in [-0.2, 0) is 4.79 Å². The lowest BCUT2D eigenvalue weighted by atomic mass is 9.82. The molecule has 4 saturated heterocycles. The molecular weight excluding hydrogens is 510 g/mol. The van der Waals surface area contributed by atoms with Crippen LogP contribution in [0.4, 0.5) is 11.6 Å². The van der Waals surface area contributed by atoms with E-state index in [1.807, 2.05) is 11.0 Å². The number of guanidine groups is 1. The van der Waals surface area contributed by atoms with Gasteiger partial charge in [0.2, 0.25) is 0 Å². The van der Waals surface area contributed by atoms with Crippen LogP contribution in [0.15, 0.2) is 23.5 Å². The van der Waals surface area contributed by atoms with Crippen LogP contribution in [-0.4, -0.2) is 92.4 Å². The van der Waals surface area contributed by atoms with Crippen LogP contribution in [0.2, 0.25) is 5.15 Å². The van der Waals surface area contributed by atoms with Crippen molar-refractivity contribution >= 4 is 41.0 Å². The van der Waals surface area contributed by atoms with Crippen molar-refractivity contribution in [2.24, 2.45) is 16.6 Å². The number of carbonyl (C=O) groups is 2. The number of piperidine rings is 4. The molecule has 202 valence electrons. The van der Waals surface area contributed by atoms with Gasteiger partial charge in [0.15, 0.2) is 35.0 Å². The molecule has 7 N–H and O–H groups in total. The summed E-state index contributed by atoms with van der Waals surface area (Å²) in [5.74, 6) is 0.783. The van der Waals surface area contributed by atoms with Crippen molar-refractivity contribution in [2.75, 3.05) is 50.7 Å². The molecule has 1 atom stereocenters. The number of amides is 2. The fourth-order valence-corrected chi connectivity index (χ4v) is 6.03. The highest BCUT2D eigenvalue weighted by Gasteiger charge is 2.47.